The topological polar surface area (TPSA) is 58.6 Å². The van der Waals surface area contributed by atoms with Crippen molar-refractivity contribution in [3.05, 3.63) is 101 Å². The predicted molar refractivity (Wildman–Crippen MR) is 145 cm³/mol. The molecular formula is C31H34N2O3. The Bertz CT molecular complexity index is 1250. The molecule has 1 atom stereocenters. The molecule has 36 heavy (non-hydrogen) atoms. The van der Waals surface area contributed by atoms with Gasteiger partial charge in [0.25, 0.3) is 0 Å². The summed E-state index contributed by atoms with van der Waals surface area (Å²) in [5.41, 5.74) is 4.91. The maximum atomic E-state index is 13.1. The highest BCUT2D eigenvalue weighted by atomic mass is 16.5. The molecule has 1 N–H and O–H groups in total. The van der Waals surface area contributed by atoms with E-state index < -0.39 is 6.04 Å². The predicted octanol–water partition coefficient (Wildman–Crippen LogP) is 7.06. The Morgan fingerprint density at radius 3 is 2.31 bits per heavy atom. The summed E-state index contributed by atoms with van der Waals surface area (Å²) in [6, 6.07) is 24.9. The van der Waals surface area contributed by atoms with Crippen LogP contribution in [0.15, 0.2) is 90.1 Å². The number of nitrogens with one attached hydrogen (secondary N) is 1. The van der Waals surface area contributed by atoms with Gasteiger partial charge in [-0.25, -0.2) is 0 Å². The fourth-order valence-electron chi connectivity index (χ4n) is 4.52. The first-order valence-corrected chi connectivity index (χ1v) is 12.4. The van der Waals surface area contributed by atoms with Crippen molar-refractivity contribution in [2.75, 3.05) is 10.2 Å². The van der Waals surface area contributed by atoms with Crippen LogP contribution < -0.4 is 15.0 Å². The molecule has 0 radical (unpaired) electrons. The largest absolute Gasteiger partial charge is 0.489 e. The lowest BCUT2D eigenvalue weighted by Crippen LogP contribution is -2.34. The van der Waals surface area contributed by atoms with Crippen molar-refractivity contribution >= 4 is 23.6 Å². The third-order valence-electron chi connectivity index (χ3n) is 6.87. The molecule has 0 unspecified atom stereocenters. The molecule has 4 rings (SSSR count). The normalized spacial score (nSPS) is 15.6. The minimum absolute atomic E-state index is 0.0172. The molecule has 1 aliphatic rings. The number of carbonyl (C=O) groups is 2. The smallest absolute Gasteiger partial charge is 0.224 e. The Kier molecular flexibility index (Phi) is 7.58. The maximum absolute atomic E-state index is 13.1. The Morgan fingerprint density at radius 1 is 1.00 bits per heavy atom. The average Bonchev–Trinajstić information content (AvgIpc) is 3.02. The molecule has 0 bridgehead atoms. The van der Waals surface area contributed by atoms with E-state index in [1.807, 2.05) is 78.9 Å². The molecule has 0 spiro atoms. The van der Waals surface area contributed by atoms with Crippen molar-refractivity contribution < 1.29 is 14.3 Å². The van der Waals surface area contributed by atoms with E-state index in [1.165, 1.54) is 0 Å². The Morgan fingerprint density at radius 2 is 1.67 bits per heavy atom. The van der Waals surface area contributed by atoms with Gasteiger partial charge in [-0.3, -0.25) is 14.5 Å². The summed E-state index contributed by atoms with van der Waals surface area (Å²) >= 11 is 0. The molecule has 0 aromatic heterocycles. The van der Waals surface area contributed by atoms with Gasteiger partial charge in [0, 0.05) is 18.2 Å². The van der Waals surface area contributed by atoms with Crippen LogP contribution in [-0.4, -0.2) is 12.2 Å². The van der Waals surface area contributed by atoms with Crippen LogP contribution in [0.5, 0.6) is 5.75 Å². The fraction of sp³-hybridized carbons (Fsp3) is 0.290. The van der Waals surface area contributed by atoms with Gasteiger partial charge in [-0.2, -0.15) is 0 Å². The minimum atomic E-state index is -0.554. The molecule has 0 saturated carbocycles. The summed E-state index contributed by atoms with van der Waals surface area (Å²) < 4.78 is 5.97. The number of para-hydroxylation sites is 2. The number of anilines is 2. The molecule has 1 heterocycles. The van der Waals surface area contributed by atoms with Gasteiger partial charge >= 0.3 is 0 Å². The molecule has 5 heteroatoms. The number of benzene rings is 3. The van der Waals surface area contributed by atoms with Crippen LogP contribution >= 0.6 is 0 Å². The van der Waals surface area contributed by atoms with Gasteiger partial charge in [-0.05, 0) is 47.2 Å². The first-order valence-electron chi connectivity index (χ1n) is 12.4. The summed E-state index contributed by atoms with van der Waals surface area (Å²) in [5, 5.41) is 3.52. The number of allylic oxidation sites excluding steroid dienone is 1. The van der Waals surface area contributed by atoms with E-state index in [4.69, 9.17) is 4.74 Å². The molecule has 5 nitrogen and oxygen atoms in total. The first-order chi connectivity index (χ1) is 17.3. The second-order valence-electron chi connectivity index (χ2n) is 10.0. The zero-order valence-corrected chi connectivity index (χ0v) is 21.5. The number of aldehydes is 1. The highest BCUT2D eigenvalue weighted by Crippen LogP contribution is 2.44. The third kappa shape index (κ3) is 5.51. The van der Waals surface area contributed by atoms with Crippen LogP contribution in [0, 0.1) is 5.41 Å². The highest BCUT2D eigenvalue weighted by molar-refractivity contribution is 6.00. The van der Waals surface area contributed by atoms with E-state index in [0.717, 1.165) is 46.7 Å². The van der Waals surface area contributed by atoms with Gasteiger partial charge in [-0.1, -0.05) is 81.8 Å². The van der Waals surface area contributed by atoms with Crippen molar-refractivity contribution in [1.82, 2.24) is 0 Å². The Hall–Kier alpha value is -3.86. The quantitative estimate of drug-likeness (QED) is 0.349. The molecule has 0 saturated heterocycles. The molecule has 0 fully saturated rings. The van der Waals surface area contributed by atoms with E-state index in [9.17, 15) is 9.59 Å². The second-order valence-corrected chi connectivity index (χ2v) is 10.0. The number of carbonyl (C=O) groups excluding carboxylic acids is 2. The lowest BCUT2D eigenvalue weighted by molar-refractivity contribution is -0.116. The number of fused-ring (bicyclic) bond motifs is 1. The maximum Gasteiger partial charge on any atom is 0.224 e. The van der Waals surface area contributed by atoms with Crippen LogP contribution in [-0.2, 0) is 16.2 Å². The number of nitrogens with zero attached hydrogens (tertiary/aromatic N) is 1. The van der Waals surface area contributed by atoms with Gasteiger partial charge in [-0.15, -0.1) is 0 Å². The van der Waals surface area contributed by atoms with Crippen molar-refractivity contribution in [1.29, 1.82) is 0 Å². The van der Waals surface area contributed by atoms with E-state index in [2.05, 4.69) is 26.1 Å². The van der Waals surface area contributed by atoms with Gasteiger partial charge in [0.15, 0.2) is 0 Å². The molecule has 186 valence electrons. The molecule has 3 aromatic carbocycles. The number of hydrogen-bond acceptors (Lipinski definition) is 4. The van der Waals surface area contributed by atoms with Crippen molar-refractivity contribution in [3.8, 4) is 5.75 Å². The summed E-state index contributed by atoms with van der Waals surface area (Å²) in [5.74, 6) is 0.599. The summed E-state index contributed by atoms with van der Waals surface area (Å²) in [6.45, 7) is 8.55. The summed E-state index contributed by atoms with van der Waals surface area (Å²) in [4.78, 5) is 27.5. The second kappa shape index (κ2) is 10.8. The third-order valence-corrected chi connectivity index (χ3v) is 6.87. The number of hydrogen-bond donors (Lipinski definition) is 1. The number of rotatable bonds is 8. The van der Waals surface area contributed by atoms with Gasteiger partial charge in [0.05, 0.1) is 17.4 Å². The van der Waals surface area contributed by atoms with Crippen LogP contribution in [0.3, 0.4) is 0 Å². The van der Waals surface area contributed by atoms with Crippen molar-refractivity contribution in [3.63, 3.8) is 0 Å². The zero-order valence-electron chi connectivity index (χ0n) is 21.5. The SMILES string of the molecule is CCC(C)(C)CC1=C(C=O)[C@@H](c2ccc(OCc3ccccc3)cc2)N(C(C)=O)c2ccccc2N1. The van der Waals surface area contributed by atoms with Gasteiger partial charge in [0.1, 0.15) is 18.6 Å². The van der Waals surface area contributed by atoms with E-state index in [0.29, 0.717) is 18.6 Å². The van der Waals surface area contributed by atoms with Gasteiger partial charge < -0.3 is 10.1 Å². The van der Waals surface area contributed by atoms with Crippen LogP contribution in [0.25, 0.3) is 0 Å². The van der Waals surface area contributed by atoms with Crippen LogP contribution in [0.1, 0.15) is 57.7 Å². The van der Waals surface area contributed by atoms with Crippen molar-refractivity contribution in [2.24, 2.45) is 5.41 Å². The minimum Gasteiger partial charge on any atom is -0.489 e. The molecular weight excluding hydrogens is 448 g/mol. The monoisotopic (exact) mass is 482 g/mol. The highest BCUT2D eigenvalue weighted by Gasteiger charge is 2.35. The van der Waals surface area contributed by atoms with E-state index in [1.54, 1.807) is 11.8 Å². The molecule has 1 aliphatic heterocycles. The molecule has 0 aliphatic carbocycles. The average molecular weight is 483 g/mol. The Balaban J connectivity index is 1.76. The standard InChI is InChI=1S/C31H34N2O3/c1-5-31(3,4)19-28-26(20-34)30(33(22(2)35)29-14-10-9-13-27(29)32-28)24-15-17-25(18-16-24)36-21-23-11-7-6-8-12-23/h6-18,20,30,32H,5,19,21H2,1-4H3/t30-/m1/s1. The Labute approximate surface area is 213 Å². The van der Waals surface area contributed by atoms with E-state index in [-0.39, 0.29) is 11.3 Å². The lowest BCUT2D eigenvalue weighted by atomic mass is 9.83. The number of amides is 1. The van der Waals surface area contributed by atoms with Crippen LogP contribution in [0.4, 0.5) is 11.4 Å². The van der Waals surface area contributed by atoms with Crippen LogP contribution in [0.2, 0.25) is 0 Å². The fourth-order valence-corrected chi connectivity index (χ4v) is 4.52. The summed E-state index contributed by atoms with van der Waals surface area (Å²) in [6.07, 6.45) is 2.55. The number of ether oxygens (including phenoxy) is 1. The molecule has 3 aromatic rings. The molecule has 1 amide bonds. The zero-order chi connectivity index (χ0) is 25.7. The first kappa shape index (κ1) is 25.2. The summed E-state index contributed by atoms with van der Waals surface area (Å²) in [7, 11) is 0. The lowest BCUT2D eigenvalue weighted by Gasteiger charge is -2.31. The van der Waals surface area contributed by atoms with Gasteiger partial charge in [0.2, 0.25) is 5.91 Å². The van der Waals surface area contributed by atoms with Crippen molar-refractivity contribution in [2.45, 2.75) is 53.2 Å². The van der Waals surface area contributed by atoms with E-state index >= 15 is 0 Å².